The second-order valence-electron chi connectivity index (χ2n) is 4.64. The smallest absolute Gasteiger partial charge is 0.163 e. The summed E-state index contributed by atoms with van der Waals surface area (Å²) in [6, 6.07) is 3.79. The maximum Gasteiger partial charge on any atom is 0.163 e. The number of aromatic nitrogens is 4. The zero-order valence-electron chi connectivity index (χ0n) is 10.9. The van der Waals surface area contributed by atoms with Crippen molar-refractivity contribution in [1.82, 2.24) is 19.9 Å². The highest BCUT2D eigenvalue weighted by Gasteiger charge is 2.15. The van der Waals surface area contributed by atoms with E-state index in [9.17, 15) is 0 Å². The summed E-state index contributed by atoms with van der Waals surface area (Å²) in [5, 5.41) is 0. The van der Waals surface area contributed by atoms with Crippen LogP contribution in [0.2, 0.25) is 0 Å². The highest BCUT2D eigenvalue weighted by molar-refractivity contribution is 5.82. The van der Waals surface area contributed by atoms with Gasteiger partial charge in [0, 0.05) is 18.3 Å². The van der Waals surface area contributed by atoms with Crippen LogP contribution in [0.3, 0.4) is 0 Å². The summed E-state index contributed by atoms with van der Waals surface area (Å²) in [7, 11) is 0. The topological polar surface area (TPSA) is 72.9 Å². The number of aryl methyl sites for hydroxylation is 1. The summed E-state index contributed by atoms with van der Waals surface area (Å²) in [5.74, 6) is 2.17. The first-order valence-electron chi connectivity index (χ1n) is 6.38. The molecule has 0 amide bonds. The van der Waals surface area contributed by atoms with Crippen LogP contribution in [0.4, 0.5) is 0 Å². The molecule has 0 unspecified atom stereocenters. The normalized spacial score (nSPS) is 13.7. The molecule has 6 heteroatoms. The number of hydrogen-bond acceptors (Lipinski definition) is 5. The Morgan fingerprint density at radius 2 is 1.85 bits per heavy atom. The lowest BCUT2D eigenvalue weighted by Crippen LogP contribution is -2.15. The zero-order chi connectivity index (χ0) is 13.5. The summed E-state index contributed by atoms with van der Waals surface area (Å²) in [5.41, 5.74) is 3.31. The van der Waals surface area contributed by atoms with Crippen molar-refractivity contribution >= 4 is 11.0 Å². The van der Waals surface area contributed by atoms with E-state index in [2.05, 4.69) is 19.9 Å². The fourth-order valence-corrected chi connectivity index (χ4v) is 2.18. The van der Waals surface area contributed by atoms with E-state index in [4.69, 9.17) is 9.47 Å². The van der Waals surface area contributed by atoms with Crippen LogP contribution in [0.15, 0.2) is 24.5 Å². The minimum atomic E-state index is 0.569. The molecule has 1 aliphatic rings. The van der Waals surface area contributed by atoms with Crippen LogP contribution < -0.4 is 9.47 Å². The van der Waals surface area contributed by atoms with Crippen LogP contribution in [-0.4, -0.2) is 33.1 Å². The SMILES string of the molecule is Cc1cnc(-c2nc3cc4c(cc3[nH]2)OCCO4)cn1. The van der Waals surface area contributed by atoms with Crippen LogP contribution in [0.5, 0.6) is 11.5 Å². The van der Waals surface area contributed by atoms with E-state index in [0.29, 0.717) is 24.7 Å². The van der Waals surface area contributed by atoms with Gasteiger partial charge in [-0.1, -0.05) is 0 Å². The summed E-state index contributed by atoms with van der Waals surface area (Å²) in [6.07, 6.45) is 3.43. The molecule has 4 rings (SSSR count). The Balaban J connectivity index is 1.84. The van der Waals surface area contributed by atoms with E-state index in [1.165, 1.54) is 0 Å². The number of H-pyrrole nitrogens is 1. The van der Waals surface area contributed by atoms with Crippen molar-refractivity contribution in [1.29, 1.82) is 0 Å². The Kier molecular flexibility index (Phi) is 2.35. The molecule has 0 aliphatic carbocycles. The molecule has 0 atom stereocenters. The predicted octanol–water partition coefficient (Wildman–Crippen LogP) is 2.10. The van der Waals surface area contributed by atoms with Crippen molar-refractivity contribution in [3.05, 3.63) is 30.2 Å². The van der Waals surface area contributed by atoms with Crippen molar-refractivity contribution in [2.45, 2.75) is 6.92 Å². The highest BCUT2D eigenvalue weighted by atomic mass is 16.6. The number of hydrogen-bond donors (Lipinski definition) is 1. The summed E-state index contributed by atoms with van der Waals surface area (Å²) in [4.78, 5) is 16.3. The van der Waals surface area contributed by atoms with Crippen LogP contribution in [0, 0.1) is 6.92 Å². The van der Waals surface area contributed by atoms with Gasteiger partial charge < -0.3 is 14.5 Å². The van der Waals surface area contributed by atoms with Gasteiger partial charge in [-0.15, -0.1) is 0 Å². The molecule has 3 aromatic rings. The van der Waals surface area contributed by atoms with Gasteiger partial charge in [-0.2, -0.15) is 0 Å². The molecule has 1 aromatic carbocycles. The van der Waals surface area contributed by atoms with Gasteiger partial charge in [0.05, 0.1) is 22.9 Å². The molecule has 3 heterocycles. The van der Waals surface area contributed by atoms with Gasteiger partial charge in [-0.05, 0) is 6.92 Å². The molecular formula is C14H12N4O2. The highest BCUT2D eigenvalue weighted by Crippen LogP contribution is 2.34. The van der Waals surface area contributed by atoms with Gasteiger partial charge in [0.2, 0.25) is 0 Å². The zero-order valence-corrected chi connectivity index (χ0v) is 10.9. The number of imidazole rings is 1. The van der Waals surface area contributed by atoms with E-state index in [0.717, 1.165) is 28.2 Å². The average Bonchev–Trinajstić information content (AvgIpc) is 2.88. The first-order chi connectivity index (χ1) is 9.79. The van der Waals surface area contributed by atoms with E-state index in [-0.39, 0.29) is 0 Å². The van der Waals surface area contributed by atoms with Crippen LogP contribution >= 0.6 is 0 Å². The molecule has 1 N–H and O–H groups in total. The van der Waals surface area contributed by atoms with Crippen LogP contribution in [0.1, 0.15) is 5.69 Å². The Labute approximate surface area is 114 Å². The molecule has 20 heavy (non-hydrogen) atoms. The molecule has 1 aliphatic heterocycles. The fraction of sp³-hybridized carbons (Fsp3) is 0.214. The predicted molar refractivity (Wildman–Crippen MR) is 72.8 cm³/mol. The van der Waals surface area contributed by atoms with Gasteiger partial charge in [0.25, 0.3) is 0 Å². The monoisotopic (exact) mass is 268 g/mol. The molecule has 2 aromatic heterocycles. The molecule has 0 saturated carbocycles. The third-order valence-electron chi connectivity index (χ3n) is 3.17. The van der Waals surface area contributed by atoms with Gasteiger partial charge in [0.1, 0.15) is 18.9 Å². The Bertz CT molecular complexity index is 737. The number of benzene rings is 1. The lowest BCUT2D eigenvalue weighted by molar-refractivity contribution is 0.172. The van der Waals surface area contributed by atoms with E-state index in [1.807, 2.05) is 19.1 Å². The standard InChI is InChI=1S/C14H12N4O2/c1-8-6-16-11(7-15-8)14-17-9-4-12-13(5-10(9)18-14)20-3-2-19-12/h4-7H,2-3H2,1H3,(H,17,18). The summed E-state index contributed by atoms with van der Waals surface area (Å²) in [6.45, 7) is 3.04. The third-order valence-corrected chi connectivity index (χ3v) is 3.17. The number of fused-ring (bicyclic) bond motifs is 2. The molecule has 6 nitrogen and oxygen atoms in total. The van der Waals surface area contributed by atoms with Crippen molar-refractivity contribution in [2.24, 2.45) is 0 Å². The van der Waals surface area contributed by atoms with Gasteiger partial charge >= 0.3 is 0 Å². The second-order valence-corrected chi connectivity index (χ2v) is 4.64. The van der Waals surface area contributed by atoms with E-state index >= 15 is 0 Å². The van der Waals surface area contributed by atoms with Crippen molar-refractivity contribution in [3.8, 4) is 23.0 Å². The minimum absolute atomic E-state index is 0.569. The molecule has 0 radical (unpaired) electrons. The number of ether oxygens (including phenoxy) is 2. The van der Waals surface area contributed by atoms with Crippen LogP contribution in [-0.2, 0) is 0 Å². The molecule has 0 spiro atoms. The minimum Gasteiger partial charge on any atom is -0.486 e. The van der Waals surface area contributed by atoms with Crippen molar-refractivity contribution < 1.29 is 9.47 Å². The summed E-state index contributed by atoms with van der Waals surface area (Å²) < 4.78 is 11.1. The van der Waals surface area contributed by atoms with Crippen molar-refractivity contribution in [3.63, 3.8) is 0 Å². The van der Waals surface area contributed by atoms with Gasteiger partial charge in [-0.25, -0.2) is 9.97 Å². The van der Waals surface area contributed by atoms with Gasteiger partial charge in [0.15, 0.2) is 17.3 Å². The summed E-state index contributed by atoms with van der Waals surface area (Å²) >= 11 is 0. The number of nitrogens with one attached hydrogen (secondary N) is 1. The first kappa shape index (κ1) is 11.2. The largest absolute Gasteiger partial charge is 0.486 e. The number of rotatable bonds is 1. The molecule has 0 saturated heterocycles. The first-order valence-corrected chi connectivity index (χ1v) is 6.38. The molecular weight excluding hydrogens is 256 g/mol. The van der Waals surface area contributed by atoms with Gasteiger partial charge in [-0.3, -0.25) is 4.98 Å². The third kappa shape index (κ3) is 1.77. The molecule has 0 bridgehead atoms. The number of nitrogens with zero attached hydrogens (tertiary/aromatic N) is 3. The van der Waals surface area contributed by atoms with Crippen molar-refractivity contribution in [2.75, 3.05) is 13.2 Å². The van der Waals surface area contributed by atoms with E-state index in [1.54, 1.807) is 12.4 Å². The molecule has 100 valence electrons. The Hall–Kier alpha value is -2.63. The van der Waals surface area contributed by atoms with Crippen LogP contribution in [0.25, 0.3) is 22.6 Å². The average molecular weight is 268 g/mol. The fourth-order valence-electron chi connectivity index (χ4n) is 2.18. The maximum absolute atomic E-state index is 5.56. The lowest BCUT2D eigenvalue weighted by atomic mass is 10.2. The maximum atomic E-state index is 5.56. The lowest BCUT2D eigenvalue weighted by Gasteiger charge is -2.17. The van der Waals surface area contributed by atoms with E-state index < -0.39 is 0 Å². The second kappa shape index (κ2) is 4.19. The Morgan fingerprint density at radius 3 is 2.60 bits per heavy atom. The Morgan fingerprint density at radius 1 is 1.05 bits per heavy atom. The number of aromatic amines is 1. The molecule has 0 fully saturated rings. The quantitative estimate of drug-likeness (QED) is 0.731.